The quantitative estimate of drug-likeness (QED) is 0.281. The van der Waals surface area contributed by atoms with Gasteiger partial charge in [-0.25, -0.2) is 9.98 Å². The van der Waals surface area contributed by atoms with Crippen LogP contribution in [0.4, 0.5) is 0 Å². The third-order valence-corrected chi connectivity index (χ3v) is 4.08. The number of pyridine rings is 1. The molecule has 1 unspecified atom stereocenters. The van der Waals surface area contributed by atoms with Crippen molar-refractivity contribution < 1.29 is 14.6 Å². The third kappa shape index (κ3) is 9.04. The lowest BCUT2D eigenvalue weighted by Crippen LogP contribution is -2.52. The number of nitrogens with zero attached hydrogens (tertiary/aromatic N) is 3. The first-order chi connectivity index (χ1) is 12.5. The Morgan fingerprint density at radius 2 is 2.15 bits per heavy atom. The second-order valence-electron chi connectivity index (χ2n) is 6.64. The Kier molecular flexibility index (Phi) is 10.9. The molecule has 0 aromatic carbocycles. The van der Waals surface area contributed by atoms with Crippen molar-refractivity contribution in [3.05, 3.63) is 23.9 Å². The van der Waals surface area contributed by atoms with E-state index in [0.717, 1.165) is 38.4 Å². The summed E-state index contributed by atoms with van der Waals surface area (Å²) < 4.78 is 10.5. The average molecular weight is 493 g/mol. The van der Waals surface area contributed by atoms with Crippen molar-refractivity contribution in [3.8, 4) is 5.88 Å². The molecular formula is C18H32IN5O3. The van der Waals surface area contributed by atoms with Crippen molar-refractivity contribution >= 4 is 29.9 Å². The number of morpholine rings is 1. The number of ether oxygens (including phenoxy) is 2. The van der Waals surface area contributed by atoms with Gasteiger partial charge in [-0.15, -0.1) is 24.0 Å². The molecular weight excluding hydrogens is 461 g/mol. The Labute approximate surface area is 178 Å². The number of aliphatic imine (C=N–C) groups is 1. The molecule has 27 heavy (non-hydrogen) atoms. The molecule has 8 nitrogen and oxygen atoms in total. The van der Waals surface area contributed by atoms with Crippen LogP contribution in [-0.2, 0) is 11.3 Å². The standard InChI is InChI=1S/C18H31N5O3.HI/c1-4-19-17(21-12-15-5-6-20-16(11-15)25-3)22-13-18(2,24)14-23-7-9-26-10-8-23;/h5-6,11,24H,4,7-10,12-14H2,1-3H3,(H2,19,21,22);1H. The molecule has 9 heteroatoms. The Bertz CT molecular complexity index is 580. The van der Waals surface area contributed by atoms with Gasteiger partial charge in [0.2, 0.25) is 5.88 Å². The minimum Gasteiger partial charge on any atom is -0.481 e. The molecule has 0 aliphatic carbocycles. The van der Waals surface area contributed by atoms with Gasteiger partial charge in [0, 0.05) is 45.0 Å². The summed E-state index contributed by atoms with van der Waals surface area (Å²) in [5, 5.41) is 17.1. The molecule has 1 aromatic heterocycles. The van der Waals surface area contributed by atoms with Gasteiger partial charge in [0.25, 0.3) is 0 Å². The largest absolute Gasteiger partial charge is 0.481 e. The molecule has 0 amide bonds. The van der Waals surface area contributed by atoms with Crippen molar-refractivity contribution in [1.82, 2.24) is 20.5 Å². The highest BCUT2D eigenvalue weighted by molar-refractivity contribution is 14.0. The van der Waals surface area contributed by atoms with Crippen LogP contribution in [0.3, 0.4) is 0 Å². The van der Waals surface area contributed by atoms with Gasteiger partial charge in [0.05, 0.1) is 32.5 Å². The minimum absolute atomic E-state index is 0. The van der Waals surface area contributed by atoms with Gasteiger partial charge in [-0.1, -0.05) is 0 Å². The van der Waals surface area contributed by atoms with Crippen molar-refractivity contribution in [3.63, 3.8) is 0 Å². The van der Waals surface area contributed by atoms with E-state index in [1.165, 1.54) is 0 Å². The number of rotatable bonds is 8. The van der Waals surface area contributed by atoms with Gasteiger partial charge in [-0.3, -0.25) is 4.90 Å². The normalized spacial score (nSPS) is 17.6. The predicted octanol–water partition coefficient (Wildman–Crippen LogP) is 0.846. The zero-order valence-electron chi connectivity index (χ0n) is 16.4. The first kappa shape index (κ1) is 23.9. The monoisotopic (exact) mass is 493 g/mol. The molecule has 0 radical (unpaired) electrons. The maximum Gasteiger partial charge on any atom is 0.213 e. The van der Waals surface area contributed by atoms with E-state index >= 15 is 0 Å². The highest BCUT2D eigenvalue weighted by Crippen LogP contribution is 2.10. The van der Waals surface area contributed by atoms with Crippen molar-refractivity contribution in [1.29, 1.82) is 0 Å². The number of aliphatic hydroxyl groups is 1. The molecule has 3 N–H and O–H groups in total. The van der Waals surface area contributed by atoms with Gasteiger partial charge in [-0.2, -0.15) is 0 Å². The summed E-state index contributed by atoms with van der Waals surface area (Å²) in [5.74, 6) is 1.25. The molecule has 154 valence electrons. The van der Waals surface area contributed by atoms with Crippen molar-refractivity contribution in [2.24, 2.45) is 4.99 Å². The van der Waals surface area contributed by atoms with E-state index < -0.39 is 5.60 Å². The van der Waals surface area contributed by atoms with E-state index in [4.69, 9.17) is 9.47 Å². The van der Waals surface area contributed by atoms with Gasteiger partial charge in [0.1, 0.15) is 0 Å². The van der Waals surface area contributed by atoms with Gasteiger partial charge < -0.3 is 25.2 Å². The maximum absolute atomic E-state index is 10.7. The molecule has 1 aliphatic heterocycles. The lowest BCUT2D eigenvalue weighted by molar-refractivity contribution is -0.0201. The predicted molar refractivity (Wildman–Crippen MR) is 117 cm³/mol. The van der Waals surface area contributed by atoms with Crippen LogP contribution in [0.25, 0.3) is 0 Å². The Hall–Kier alpha value is -1.17. The summed E-state index contributed by atoms with van der Waals surface area (Å²) in [4.78, 5) is 10.9. The summed E-state index contributed by atoms with van der Waals surface area (Å²) in [6, 6.07) is 3.77. The summed E-state index contributed by atoms with van der Waals surface area (Å²) in [6.07, 6.45) is 1.71. The third-order valence-electron chi connectivity index (χ3n) is 4.08. The van der Waals surface area contributed by atoms with Crippen LogP contribution < -0.4 is 15.4 Å². The van der Waals surface area contributed by atoms with Crippen LogP contribution in [0.15, 0.2) is 23.3 Å². The zero-order valence-corrected chi connectivity index (χ0v) is 18.7. The lowest BCUT2D eigenvalue weighted by atomic mass is 10.1. The molecule has 1 fully saturated rings. The zero-order chi connectivity index (χ0) is 18.8. The average Bonchev–Trinajstić information content (AvgIpc) is 2.64. The van der Waals surface area contributed by atoms with Crippen LogP contribution in [0.1, 0.15) is 19.4 Å². The molecule has 0 bridgehead atoms. The molecule has 1 atom stereocenters. The van der Waals surface area contributed by atoms with Gasteiger partial charge in [0.15, 0.2) is 5.96 Å². The SMILES string of the molecule is CCNC(=NCc1ccnc(OC)c1)NCC(C)(O)CN1CCOCC1.I. The summed E-state index contributed by atoms with van der Waals surface area (Å²) in [7, 11) is 1.59. The van der Waals surface area contributed by atoms with Gasteiger partial charge >= 0.3 is 0 Å². The number of hydrogen-bond acceptors (Lipinski definition) is 6. The molecule has 1 aromatic rings. The first-order valence-electron chi connectivity index (χ1n) is 9.06. The molecule has 2 heterocycles. The molecule has 0 spiro atoms. The van der Waals surface area contributed by atoms with Crippen LogP contribution >= 0.6 is 24.0 Å². The fourth-order valence-corrected chi connectivity index (χ4v) is 2.74. The van der Waals surface area contributed by atoms with E-state index in [-0.39, 0.29) is 24.0 Å². The summed E-state index contributed by atoms with van der Waals surface area (Å²) in [6.45, 7) is 9.27. The van der Waals surface area contributed by atoms with E-state index in [0.29, 0.717) is 31.5 Å². The second-order valence-corrected chi connectivity index (χ2v) is 6.64. The number of guanidine groups is 1. The fourth-order valence-electron chi connectivity index (χ4n) is 2.74. The van der Waals surface area contributed by atoms with E-state index in [1.807, 2.05) is 26.0 Å². The fraction of sp³-hybridized carbons (Fsp3) is 0.667. The van der Waals surface area contributed by atoms with Crippen LogP contribution in [0.5, 0.6) is 5.88 Å². The topological polar surface area (TPSA) is 91.2 Å². The van der Waals surface area contributed by atoms with Crippen LogP contribution in [0.2, 0.25) is 0 Å². The smallest absolute Gasteiger partial charge is 0.213 e. The van der Waals surface area contributed by atoms with Crippen molar-refractivity contribution in [2.45, 2.75) is 26.0 Å². The summed E-state index contributed by atoms with van der Waals surface area (Å²) in [5.41, 5.74) is 0.155. The van der Waals surface area contributed by atoms with Crippen molar-refractivity contribution in [2.75, 3.05) is 53.0 Å². The Balaban J connectivity index is 0.00000364. The summed E-state index contributed by atoms with van der Waals surface area (Å²) >= 11 is 0. The first-order valence-corrected chi connectivity index (χ1v) is 9.06. The number of aromatic nitrogens is 1. The number of β-amino-alcohol motifs (C(OH)–C–C–N with tert-alkyl or cyclic N) is 1. The van der Waals surface area contributed by atoms with E-state index in [2.05, 4.69) is 25.5 Å². The Morgan fingerprint density at radius 1 is 1.41 bits per heavy atom. The van der Waals surface area contributed by atoms with E-state index in [9.17, 15) is 5.11 Å². The molecule has 1 saturated heterocycles. The maximum atomic E-state index is 10.7. The molecule has 0 saturated carbocycles. The molecule has 1 aliphatic rings. The number of nitrogens with one attached hydrogen (secondary N) is 2. The molecule has 2 rings (SSSR count). The second kappa shape index (κ2) is 12.3. The Morgan fingerprint density at radius 3 is 2.81 bits per heavy atom. The van der Waals surface area contributed by atoms with Crippen LogP contribution in [0, 0.1) is 0 Å². The number of hydrogen-bond donors (Lipinski definition) is 3. The number of methoxy groups -OCH3 is 1. The van der Waals surface area contributed by atoms with E-state index in [1.54, 1.807) is 13.3 Å². The van der Waals surface area contributed by atoms with Gasteiger partial charge in [-0.05, 0) is 25.5 Å². The minimum atomic E-state index is -0.854. The van der Waals surface area contributed by atoms with Crippen LogP contribution in [-0.4, -0.2) is 79.6 Å². The lowest BCUT2D eigenvalue weighted by Gasteiger charge is -2.34. The number of halogens is 1. The highest BCUT2D eigenvalue weighted by Gasteiger charge is 2.25. The highest BCUT2D eigenvalue weighted by atomic mass is 127.